The van der Waals surface area contributed by atoms with E-state index in [4.69, 9.17) is 0 Å². The third kappa shape index (κ3) is 2.10. The predicted molar refractivity (Wildman–Crippen MR) is 52.5 cm³/mol. The van der Waals surface area contributed by atoms with Gasteiger partial charge in [-0.1, -0.05) is 0 Å². The van der Waals surface area contributed by atoms with Gasteiger partial charge in [-0.05, 0) is 34.6 Å². The van der Waals surface area contributed by atoms with E-state index in [1.807, 2.05) is 10.8 Å². The van der Waals surface area contributed by atoms with E-state index in [0.717, 1.165) is 0 Å². The van der Waals surface area contributed by atoms with Crippen LogP contribution in [0.5, 0.6) is 0 Å². The molecule has 1 rings (SSSR count). The van der Waals surface area contributed by atoms with Crippen molar-refractivity contribution in [2.24, 2.45) is 0 Å². The highest BCUT2D eigenvalue weighted by Gasteiger charge is 2.26. The largest absolute Gasteiger partial charge is 0.383 e. The fourth-order valence-corrected chi connectivity index (χ4v) is 1.30. The Morgan fingerprint density at radius 3 is 2.08 bits per heavy atom. The van der Waals surface area contributed by atoms with Crippen LogP contribution in [0.3, 0.4) is 0 Å². The molecule has 0 aliphatic carbocycles. The summed E-state index contributed by atoms with van der Waals surface area (Å²) in [6.45, 7) is 9.76. The summed E-state index contributed by atoms with van der Waals surface area (Å²) in [5, 5.41) is 9.84. The molecular formula is C10H18N2O. The van der Waals surface area contributed by atoms with Crippen LogP contribution in [0, 0.1) is 0 Å². The smallest absolute Gasteiger partial charge is 0.140 e. The van der Waals surface area contributed by atoms with Crippen LogP contribution >= 0.6 is 0 Å². The fourth-order valence-electron chi connectivity index (χ4n) is 1.30. The maximum absolute atomic E-state index is 9.84. The molecule has 0 radical (unpaired) electrons. The number of aromatic nitrogens is 2. The molecule has 0 aliphatic heterocycles. The second-order valence-corrected chi connectivity index (χ2v) is 4.85. The monoisotopic (exact) mass is 182 g/mol. The zero-order valence-corrected chi connectivity index (χ0v) is 9.00. The van der Waals surface area contributed by atoms with Gasteiger partial charge in [-0.15, -0.1) is 0 Å². The van der Waals surface area contributed by atoms with Gasteiger partial charge in [-0.2, -0.15) is 0 Å². The predicted octanol–water partition coefficient (Wildman–Crippen LogP) is 1.87. The van der Waals surface area contributed by atoms with Crippen LogP contribution in [0.25, 0.3) is 0 Å². The van der Waals surface area contributed by atoms with Crippen LogP contribution in [0.2, 0.25) is 0 Å². The highest BCUT2D eigenvalue weighted by molar-refractivity contribution is 5.04. The summed E-state index contributed by atoms with van der Waals surface area (Å²) in [6.07, 6.45) is 3.62. The lowest BCUT2D eigenvalue weighted by Crippen LogP contribution is -2.30. The average Bonchev–Trinajstić information content (AvgIpc) is 2.27. The molecule has 0 atom stereocenters. The lowest BCUT2D eigenvalue weighted by atomic mass is 10.0. The lowest BCUT2D eigenvalue weighted by Gasteiger charge is -2.27. The first-order chi connectivity index (χ1) is 5.73. The Bertz CT molecular complexity index is 260. The van der Waals surface area contributed by atoms with Crippen molar-refractivity contribution in [3.05, 3.63) is 18.2 Å². The van der Waals surface area contributed by atoms with Crippen molar-refractivity contribution in [3.63, 3.8) is 0 Å². The van der Waals surface area contributed by atoms with E-state index in [1.54, 1.807) is 20.0 Å². The SMILES string of the molecule is CC(C)(O)c1nccn1C(C)(C)C. The van der Waals surface area contributed by atoms with E-state index in [1.165, 1.54) is 0 Å². The summed E-state index contributed by atoms with van der Waals surface area (Å²) >= 11 is 0. The minimum Gasteiger partial charge on any atom is -0.383 e. The quantitative estimate of drug-likeness (QED) is 0.720. The molecule has 0 fully saturated rings. The summed E-state index contributed by atoms with van der Waals surface area (Å²) in [6, 6.07) is 0. The number of hydrogen-bond acceptors (Lipinski definition) is 2. The first-order valence-electron chi connectivity index (χ1n) is 4.49. The molecule has 0 saturated heterocycles. The highest BCUT2D eigenvalue weighted by atomic mass is 16.3. The molecule has 74 valence electrons. The van der Waals surface area contributed by atoms with Gasteiger partial charge in [0.05, 0.1) is 0 Å². The van der Waals surface area contributed by atoms with Crippen molar-refractivity contribution >= 4 is 0 Å². The van der Waals surface area contributed by atoms with Crippen LogP contribution in [0.4, 0.5) is 0 Å². The Hall–Kier alpha value is -0.830. The number of rotatable bonds is 1. The second kappa shape index (κ2) is 2.84. The van der Waals surface area contributed by atoms with Gasteiger partial charge in [-0.3, -0.25) is 0 Å². The maximum Gasteiger partial charge on any atom is 0.140 e. The van der Waals surface area contributed by atoms with Gasteiger partial charge >= 0.3 is 0 Å². The molecule has 0 amide bonds. The average molecular weight is 182 g/mol. The number of nitrogens with zero attached hydrogens (tertiary/aromatic N) is 2. The third-order valence-electron chi connectivity index (χ3n) is 1.91. The Kier molecular flexibility index (Phi) is 2.24. The number of hydrogen-bond donors (Lipinski definition) is 1. The molecule has 0 aliphatic rings. The van der Waals surface area contributed by atoms with Gasteiger partial charge < -0.3 is 9.67 Å². The van der Waals surface area contributed by atoms with E-state index in [9.17, 15) is 5.11 Å². The Morgan fingerprint density at radius 1 is 1.23 bits per heavy atom. The standard InChI is InChI=1S/C10H18N2O/c1-9(2,3)12-7-6-11-8(12)10(4,5)13/h6-7,13H,1-5H3. The summed E-state index contributed by atoms with van der Waals surface area (Å²) in [7, 11) is 0. The lowest BCUT2D eigenvalue weighted by molar-refractivity contribution is 0.0600. The minimum atomic E-state index is -0.878. The third-order valence-corrected chi connectivity index (χ3v) is 1.91. The van der Waals surface area contributed by atoms with Crippen LogP contribution in [0.15, 0.2) is 12.4 Å². The van der Waals surface area contributed by atoms with Crippen molar-refractivity contribution in [1.82, 2.24) is 9.55 Å². The van der Waals surface area contributed by atoms with E-state index in [-0.39, 0.29) is 5.54 Å². The molecule has 0 bridgehead atoms. The second-order valence-electron chi connectivity index (χ2n) is 4.85. The summed E-state index contributed by atoms with van der Waals surface area (Å²) in [4.78, 5) is 4.17. The highest BCUT2D eigenvalue weighted by Crippen LogP contribution is 2.23. The molecule has 1 aromatic rings. The zero-order valence-electron chi connectivity index (χ0n) is 9.00. The summed E-state index contributed by atoms with van der Waals surface area (Å²) in [5.41, 5.74) is -0.914. The molecular weight excluding hydrogens is 164 g/mol. The van der Waals surface area contributed by atoms with Crippen LogP contribution < -0.4 is 0 Å². The fraction of sp³-hybridized carbons (Fsp3) is 0.700. The zero-order chi connectivity index (χ0) is 10.3. The van der Waals surface area contributed by atoms with Crippen molar-refractivity contribution in [2.75, 3.05) is 0 Å². The molecule has 13 heavy (non-hydrogen) atoms. The molecule has 0 saturated carbocycles. The topological polar surface area (TPSA) is 38.1 Å². The van der Waals surface area contributed by atoms with Gasteiger partial charge in [-0.25, -0.2) is 4.98 Å². The number of imidazole rings is 1. The van der Waals surface area contributed by atoms with Crippen molar-refractivity contribution in [3.8, 4) is 0 Å². The van der Waals surface area contributed by atoms with E-state index in [0.29, 0.717) is 5.82 Å². The van der Waals surface area contributed by atoms with Crippen LogP contribution in [-0.4, -0.2) is 14.7 Å². The molecule has 1 heterocycles. The van der Waals surface area contributed by atoms with Crippen LogP contribution in [0.1, 0.15) is 40.4 Å². The van der Waals surface area contributed by atoms with Crippen molar-refractivity contribution < 1.29 is 5.11 Å². The Morgan fingerprint density at radius 2 is 1.77 bits per heavy atom. The van der Waals surface area contributed by atoms with Gasteiger partial charge in [0, 0.05) is 17.9 Å². The van der Waals surface area contributed by atoms with Gasteiger partial charge in [0.2, 0.25) is 0 Å². The van der Waals surface area contributed by atoms with E-state index < -0.39 is 5.60 Å². The van der Waals surface area contributed by atoms with Gasteiger partial charge in [0.25, 0.3) is 0 Å². The molecule has 0 spiro atoms. The molecule has 1 N–H and O–H groups in total. The maximum atomic E-state index is 9.84. The molecule has 3 nitrogen and oxygen atoms in total. The van der Waals surface area contributed by atoms with E-state index in [2.05, 4.69) is 25.8 Å². The molecule has 1 aromatic heterocycles. The Balaban J connectivity index is 3.19. The first kappa shape index (κ1) is 10.3. The van der Waals surface area contributed by atoms with Gasteiger partial charge in [0.15, 0.2) is 0 Å². The van der Waals surface area contributed by atoms with Crippen molar-refractivity contribution in [1.29, 1.82) is 0 Å². The Labute approximate surface area is 79.4 Å². The normalized spacial score (nSPS) is 13.4. The first-order valence-corrected chi connectivity index (χ1v) is 4.49. The number of aliphatic hydroxyl groups is 1. The molecule has 0 unspecified atom stereocenters. The van der Waals surface area contributed by atoms with Crippen LogP contribution in [-0.2, 0) is 11.1 Å². The van der Waals surface area contributed by atoms with Gasteiger partial charge in [0.1, 0.15) is 11.4 Å². The summed E-state index contributed by atoms with van der Waals surface area (Å²) < 4.78 is 1.99. The molecule has 3 heteroatoms. The molecule has 0 aromatic carbocycles. The minimum absolute atomic E-state index is 0.0359. The van der Waals surface area contributed by atoms with Crippen molar-refractivity contribution in [2.45, 2.75) is 45.8 Å². The summed E-state index contributed by atoms with van der Waals surface area (Å²) in [5.74, 6) is 0.708. The van der Waals surface area contributed by atoms with E-state index >= 15 is 0 Å².